The summed E-state index contributed by atoms with van der Waals surface area (Å²) >= 11 is 0.911. The van der Waals surface area contributed by atoms with Crippen molar-refractivity contribution in [3.63, 3.8) is 0 Å². The van der Waals surface area contributed by atoms with Crippen molar-refractivity contribution in [1.29, 1.82) is 0 Å². The molecule has 1 aromatic heterocycles. The summed E-state index contributed by atoms with van der Waals surface area (Å²) in [4.78, 5) is 30.0. The fraction of sp³-hybridized carbons (Fsp3) is 0.211. The van der Waals surface area contributed by atoms with Gasteiger partial charge in [-0.2, -0.15) is 13.2 Å². The molecule has 0 bridgehead atoms. The Morgan fingerprint density at radius 1 is 1.10 bits per heavy atom. The summed E-state index contributed by atoms with van der Waals surface area (Å²) in [6.07, 6.45) is -4.70. The maximum Gasteiger partial charge on any atom is 0.449 e. The number of amides is 2. The Balaban J connectivity index is 1.87. The first-order valence-electron chi connectivity index (χ1n) is 8.47. The summed E-state index contributed by atoms with van der Waals surface area (Å²) in [6, 6.07) is 12.7. The first kappa shape index (κ1) is 20.7. The average Bonchev–Trinajstić information content (AvgIpc) is 3.02. The summed E-state index contributed by atoms with van der Waals surface area (Å²) < 4.78 is 41.0. The number of aromatic nitrogens is 2. The van der Waals surface area contributed by atoms with Crippen LogP contribution in [-0.4, -0.2) is 39.7 Å². The van der Waals surface area contributed by atoms with Gasteiger partial charge < -0.3 is 14.8 Å². The number of carbonyl (C=O) groups excluding carboxylic acids is 2. The van der Waals surface area contributed by atoms with E-state index in [2.05, 4.69) is 10.3 Å². The van der Waals surface area contributed by atoms with Crippen LogP contribution < -0.4 is 5.32 Å². The molecule has 2 aromatic carbocycles. The molecule has 3 rings (SSSR count). The lowest BCUT2D eigenvalue weighted by Crippen LogP contribution is -2.23. The number of imidazole rings is 1. The fourth-order valence-corrected chi connectivity index (χ4v) is 3.38. The molecule has 3 aromatic rings. The van der Waals surface area contributed by atoms with Gasteiger partial charge in [0, 0.05) is 19.0 Å². The Labute approximate surface area is 168 Å². The minimum absolute atomic E-state index is 0.153. The molecule has 6 nitrogen and oxygen atoms in total. The predicted octanol–water partition coefficient (Wildman–Crippen LogP) is 4.47. The van der Waals surface area contributed by atoms with Gasteiger partial charge >= 0.3 is 6.18 Å². The lowest BCUT2D eigenvalue weighted by atomic mass is 10.3. The van der Waals surface area contributed by atoms with E-state index in [1.807, 2.05) is 0 Å². The van der Waals surface area contributed by atoms with E-state index >= 15 is 0 Å². The van der Waals surface area contributed by atoms with Crippen LogP contribution in [0.25, 0.3) is 11.0 Å². The van der Waals surface area contributed by atoms with Crippen LogP contribution in [0.2, 0.25) is 0 Å². The van der Waals surface area contributed by atoms with Crippen molar-refractivity contribution in [3.8, 4) is 0 Å². The lowest BCUT2D eigenvalue weighted by Gasteiger charge is -2.14. The van der Waals surface area contributed by atoms with Crippen LogP contribution in [0.4, 0.5) is 23.7 Å². The molecule has 1 heterocycles. The quantitative estimate of drug-likeness (QED) is 0.630. The van der Waals surface area contributed by atoms with Crippen LogP contribution in [0.1, 0.15) is 5.82 Å². The molecular formula is C19H17F3N4O2S. The lowest BCUT2D eigenvalue weighted by molar-refractivity contribution is -0.147. The highest BCUT2D eigenvalue weighted by molar-refractivity contribution is 8.13. The van der Waals surface area contributed by atoms with Gasteiger partial charge in [-0.3, -0.25) is 9.59 Å². The van der Waals surface area contributed by atoms with Crippen molar-refractivity contribution in [2.45, 2.75) is 17.6 Å². The molecule has 1 N–H and O–H groups in total. The highest BCUT2D eigenvalue weighted by Crippen LogP contribution is 2.32. The Kier molecular flexibility index (Phi) is 5.83. The zero-order chi connectivity index (χ0) is 21.2. The van der Waals surface area contributed by atoms with Crippen molar-refractivity contribution >= 4 is 39.6 Å². The van der Waals surface area contributed by atoms with E-state index in [9.17, 15) is 22.8 Å². The third kappa shape index (κ3) is 4.70. The fourth-order valence-electron chi connectivity index (χ4n) is 2.63. The van der Waals surface area contributed by atoms with E-state index in [4.69, 9.17) is 0 Å². The number of benzene rings is 2. The summed E-state index contributed by atoms with van der Waals surface area (Å²) in [5.41, 5.74) is 0.705. The molecule has 0 radical (unpaired) electrons. The minimum atomic E-state index is -4.70. The molecule has 29 heavy (non-hydrogen) atoms. The summed E-state index contributed by atoms with van der Waals surface area (Å²) in [5, 5.41) is 2.35. The number of alkyl halides is 3. The average molecular weight is 422 g/mol. The molecule has 0 aliphatic carbocycles. The topological polar surface area (TPSA) is 67.2 Å². The monoisotopic (exact) mass is 422 g/mol. The van der Waals surface area contributed by atoms with E-state index in [1.54, 1.807) is 50.5 Å². The zero-order valence-electron chi connectivity index (χ0n) is 15.5. The minimum Gasteiger partial charge on any atom is -0.339 e. The highest BCUT2D eigenvalue weighted by atomic mass is 32.2. The van der Waals surface area contributed by atoms with Crippen LogP contribution >= 0.6 is 11.8 Å². The number of nitrogens with one attached hydrogen (secondary N) is 1. The Bertz CT molecular complexity index is 1060. The molecule has 0 saturated heterocycles. The second-order valence-electron chi connectivity index (χ2n) is 6.31. The normalized spacial score (nSPS) is 11.5. The molecule has 0 atom stereocenters. The van der Waals surface area contributed by atoms with Crippen molar-refractivity contribution < 1.29 is 22.8 Å². The van der Waals surface area contributed by atoms with Gasteiger partial charge in [-0.05, 0) is 36.0 Å². The van der Waals surface area contributed by atoms with Crippen LogP contribution in [0.5, 0.6) is 0 Å². The molecule has 152 valence electrons. The molecule has 0 fully saturated rings. The summed E-state index contributed by atoms with van der Waals surface area (Å²) in [5.74, 6) is -1.80. The van der Waals surface area contributed by atoms with Crippen molar-refractivity contribution in [2.24, 2.45) is 0 Å². The van der Waals surface area contributed by atoms with Crippen molar-refractivity contribution in [1.82, 2.24) is 14.5 Å². The summed E-state index contributed by atoms with van der Waals surface area (Å²) in [7, 11) is 3.19. The summed E-state index contributed by atoms with van der Waals surface area (Å²) in [6.45, 7) is -0.573. The van der Waals surface area contributed by atoms with Crippen LogP contribution in [0, 0.1) is 0 Å². The number of nitrogens with zero attached hydrogens (tertiary/aromatic N) is 3. The molecule has 10 heteroatoms. The van der Waals surface area contributed by atoms with E-state index in [0.29, 0.717) is 10.6 Å². The van der Waals surface area contributed by atoms with E-state index < -0.39 is 24.5 Å². The largest absolute Gasteiger partial charge is 0.449 e. The number of hydrogen-bond acceptors (Lipinski definition) is 4. The Morgan fingerprint density at radius 2 is 1.76 bits per heavy atom. The van der Waals surface area contributed by atoms with E-state index in [0.717, 1.165) is 16.3 Å². The molecular weight excluding hydrogens is 405 g/mol. The van der Waals surface area contributed by atoms with Gasteiger partial charge in [-0.25, -0.2) is 4.98 Å². The van der Waals surface area contributed by atoms with Crippen LogP contribution in [-0.2, 0) is 17.5 Å². The van der Waals surface area contributed by atoms with Gasteiger partial charge in [0.05, 0.1) is 16.7 Å². The van der Waals surface area contributed by atoms with Gasteiger partial charge in [0.15, 0.2) is 0 Å². The Hall–Kier alpha value is -3.01. The van der Waals surface area contributed by atoms with Gasteiger partial charge in [-0.15, -0.1) is 0 Å². The molecule has 0 aliphatic rings. The van der Waals surface area contributed by atoms with Gasteiger partial charge in [-0.1, -0.05) is 24.3 Å². The first-order valence-corrected chi connectivity index (χ1v) is 9.29. The standard InChI is InChI=1S/C19H17F3N4O2S/c1-25(2)18(28)29-15-10-6-4-8-13(15)23-16(27)11-26-14-9-5-3-7-12(14)24-17(26)19(20,21)22/h3-10H,11H2,1-2H3,(H,23,27). The first-order chi connectivity index (χ1) is 13.7. The van der Waals surface area contributed by atoms with Crippen molar-refractivity contribution in [3.05, 3.63) is 54.4 Å². The molecule has 0 aliphatic heterocycles. The number of halogens is 3. The maximum absolute atomic E-state index is 13.4. The molecule has 0 unspecified atom stereocenters. The number of anilines is 1. The Morgan fingerprint density at radius 3 is 2.45 bits per heavy atom. The molecule has 2 amide bonds. The number of carbonyl (C=O) groups is 2. The third-order valence-electron chi connectivity index (χ3n) is 3.93. The number of para-hydroxylation sites is 3. The van der Waals surface area contributed by atoms with Gasteiger partial charge in [0.1, 0.15) is 6.54 Å². The van der Waals surface area contributed by atoms with Crippen molar-refractivity contribution in [2.75, 3.05) is 19.4 Å². The smallest absolute Gasteiger partial charge is 0.339 e. The molecule has 0 spiro atoms. The molecule has 0 saturated carbocycles. The predicted molar refractivity (Wildman–Crippen MR) is 105 cm³/mol. The number of hydrogen-bond donors (Lipinski definition) is 1. The van der Waals surface area contributed by atoms with Gasteiger partial charge in [0.25, 0.3) is 5.24 Å². The second kappa shape index (κ2) is 8.16. The maximum atomic E-state index is 13.4. The van der Waals surface area contributed by atoms with Crippen LogP contribution in [0.3, 0.4) is 0 Å². The highest BCUT2D eigenvalue weighted by Gasteiger charge is 2.38. The number of thioether (sulfide) groups is 1. The SMILES string of the molecule is CN(C)C(=O)Sc1ccccc1NC(=O)Cn1c(C(F)(F)F)nc2ccccc21. The third-order valence-corrected chi connectivity index (χ3v) is 5.05. The van der Waals surface area contributed by atoms with E-state index in [-0.39, 0.29) is 16.3 Å². The van der Waals surface area contributed by atoms with E-state index in [1.165, 1.54) is 17.0 Å². The number of rotatable bonds is 4. The number of fused-ring (bicyclic) bond motifs is 1. The van der Waals surface area contributed by atoms with Crippen LogP contribution in [0.15, 0.2) is 53.4 Å². The second-order valence-corrected chi connectivity index (χ2v) is 7.31. The zero-order valence-corrected chi connectivity index (χ0v) is 16.3. The van der Waals surface area contributed by atoms with Gasteiger partial charge in [0.2, 0.25) is 11.7 Å².